The Balaban J connectivity index is 1.75. The number of esters is 1. The van der Waals surface area contributed by atoms with E-state index in [9.17, 15) is 13.2 Å². The van der Waals surface area contributed by atoms with Crippen molar-refractivity contribution in [3.05, 3.63) is 83.1 Å². The topological polar surface area (TPSA) is 85.8 Å². The molecule has 0 saturated carbocycles. The van der Waals surface area contributed by atoms with Crippen LogP contribution in [-0.2, 0) is 21.4 Å². The monoisotopic (exact) mass is 446 g/mol. The van der Waals surface area contributed by atoms with Gasteiger partial charge in [-0.3, -0.25) is 4.31 Å². The molecule has 3 rings (SSSR count). The Hall–Kier alpha value is -3.10. The molecular weight excluding hydrogens is 428 g/mol. The summed E-state index contributed by atoms with van der Waals surface area (Å²) in [6.45, 7) is -0.0396. The van der Waals surface area contributed by atoms with Crippen LogP contribution in [0.4, 0.5) is 5.69 Å². The molecule has 0 aliphatic carbocycles. The number of methoxy groups -OCH3 is 1. The first-order valence-electron chi connectivity index (χ1n) is 8.83. The van der Waals surface area contributed by atoms with Crippen LogP contribution in [-0.4, -0.2) is 33.5 Å². The summed E-state index contributed by atoms with van der Waals surface area (Å²) < 4.78 is 37.5. The second-order valence-electron chi connectivity index (χ2n) is 6.20. The lowest BCUT2D eigenvalue weighted by Gasteiger charge is -2.21. The summed E-state index contributed by atoms with van der Waals surface area (Å²) in [5, 5.41) is 0.256. The average molecular weight is 447 g/mol. The molecule has 0 unspecified atom stereocenters. The molecule has 0 spiro atoms. The van der Waals surface area contributed by atoms with Crippen molar-refractivity contribution in [3.63, 3.8) is 0 Å². The van der Waals surface area contributed by atoms with Crippen LogP contribution in [0.25, 0.3) is 0 Å². The van der Waals surface area contributed by atoms with Gasteiger partial charge in [0.1, 0.15) is 17.5 Å². The van der Waals surface area contributed by atoms with Gasteiger partial charge in [0.05, 0.1) is 23.3 Å². The van der Waals surface area contributed by atoms with Gasteiger partial charge < -0.3 is 9.47 Å². The van der Waals surface area contributed by atoms with E-state index in [1.165, 1.54) is 44.6 Å². The van der Waals surface area contributed by atoms with Crippen LogP contribution in [0.15, 0.2) is 71.8 Å². The Morgan fingerprint density at radius 3 is 2.43 bits per heavy atom. The number of para-hydroxylation sites is 2. The van der Waals surface area contributed by atoms with Crippen LogP contribution < -0.4 is 9.04 Å². The summed E-state index contributed by atoms with van der Waals surface area (Å²) in [5.74, 6) is -0.171. The van der Waals surface area contributed by atoms with Crippen molar-refractivity contribution in [1.82, 2.24) is 4.98 Å². The molecular formula is C21H19ClN2O5S. The Bertz CT molecular complexity index is 1150. The number of carbonyl (C=O) groups is 1. The molecule has 0 aliphatic heterocycles. The molecule has 0 fully saturated rings. The highest BCUT2D eigenvalue weighted by atomic mass is 35.5. The molecule has 0 bridgehead atoms. The molecule has 0 atom stereocenters. The Morgan fingerprint density at radius 2 is 1.77 bits per heavy atom. The van der Waals surface area contributed by atoms with E-state index in [4.69, 9.17) is 21.1 Å². The summed E-state index contributed by atoms with van der Waals surface area (Å²) >= 11 is 5.94. The fourth-order valence-corrected chi connectivity index (χ4v) is 4.07. The lowest BCUT2D eigenvalue weighted by molar-refractivity contribution is 0.0472. The van der Waals surface area contributed by atoms with Gasteiger partial charge in [-0.15, -0.1) is 0 Å². The third-order valence-electron chi connectivity index (χ3n) is 4.37. The van der Waals surface area contributed by atoms with Crippen molar-refractivity contribution >= 4 is 33.3 Å². The van der Waals surface area contributed by atoms with Gasteiger partial charge in [-0.1, -0.05) is 29.8 Å². The number of benzene rings is 2. The third-order valence-corrected chi connectivity index (χ3v) is 6.49. The third kappa shape index (κ3) is 4.55. The lowest BCUT2D eigenvalue weighted by atomic mass is 10.2. The van der Waals surface area contributed by atoms with E-state index < -0.39 is 16.0 Å². The van der Waals surface area contributed by atoms with Gasteiger partial charge in [-0.05, 0) is 42.5 Å². The average Bonchev–Trinajstić information content (AvgIpc) is 2.77. The molecule has 30 heavy (non-hydrogen) atoms. The molecule has 0 amide bonds. The molecule has 1 heterocycles. The standard InChI is InChI=1S/C21H19ClN2O5S/c1-24(18-7-3-4-8-19(18)28-2)30(26,27)17-11-9-15(10-12-17)21(25)29-14-16-6-5-13-23-20(16)22/h3-13H,14H2,1-2H3. The minimum Gasteiger partial charge on any atom is -0.495 e. The first-order chi connectivity index (χ1) is 14.3. The van der Waals surface area contributed by atoms with E-state index in [0.29, 0.717) is 17.0 Å². The lowest BCUT2D eigenvalue weighted by Crippen LogP contribution is -2.27. The van der Waals surface area contributed by atoms with Crippen LogP contribution in [0.2, 0.25) is 5.15 Å². The van der Waals surface area contributed by atoms with Gasteiger partial charge in [0.25, 0.3) is 10.0 Å². The number of aromatic nitrogens is 1. The van der Waals surface area contributed by atoms with Crippen molar-refractivity contribution in [3.8, 4) is 5.75 Å². The first-order valence-corrected chi connectivity index (χ1v) is 10.6. The maximum atomic E-state index is 13.0. The second-order valence-corrected chi connectivity index (χ2v) is 8.53. The van der Waals surface area contributed by atoms with Crippen molar-refractivity contribution in [2.45, 2.75) is 11.5 Å². The van der Waals surface area contributed by atoms with Crippen LogP contribution in [0, 0.1) is 0 Å². The Morgan fingerprint density at radius 1 is 1.07 bits per heavy atom. The largest absolute Gasteiger partial charge is 0.495 e. The van der Waals surface area contributed by atoms with Crippen molar-refractivity contribution in [1.29, 1.82) is 0 Å². The van der Waals surface area contributed by atoms with E-state index in [0.717, 1.165) is 4.31 Å². The zero-order valence-corrected chi connectivity index (χ0v) is 17.9. The van der Waals surface area contributed by atoms with E-state index in [-0.39, 0.29) is 22.2 Å². The van der Waals surface area contributed by atoms with Crippen molar-refractivity contribution in [2.75, 3.05) is 18.5 Å². The van der Waals surface area contributed by atoms with Crippen LogP contribution in [0.3, 0.4) is 0 Å². The van der Waals surface area contributed by atoms with Gasteiger partial charge in [-0.25, -0.2) is 18.2 Å². The summed E-state index contributed by atoms with van der Waals surface area (Å²) in [6.07, 6.45) is 1.54. The highest BCUT2D eigenvalue weighted by molar-refractivity contribution is 7.92. The molecule has 9 heteroatoms. The highest BCUT2D eigenvalue weighted by Gasteiger charge is 2.24. The van der Waals surface area contributed by atoms with E-state index in [1.54, 1.807) is 36.4 Å². The number of rotatable bonds is 7. The zero-order valence-electron chi connectivity index (χ0n) is 16.3. The maximum Gasteiger partial charge on any atom is 0.338 e. The number of sulfonamides is 1. The number of hydrogen-bond acceptors (Lipinski definition) is 6. The summed E-state index contributed by atoms with van der Waals surface area (Å²) in [4.78, 5) is 16.2. The van der Waals surface area contributed by atoms with Crippen molar-refractivity contribution < 1.29 is 22.7 Å². The van der Waals surface area contributed by atoms with Gasteiger partial charge in [0.15, 0.2) is 0 Å². The minimum atomic E-state index is -3.85. The Labute approximate surface area is 179 Å². The molecule has 0 saturated heterocycles. The number of halogens is 1. The molecule has 0 aliphatic rings. The van der Waals surface area contributed by atoms with Crippen LogP contribution in [0.1, 0.15) is 15.9 Å². The Kier molecular flexibility index (Phi) is 6.59. The minimum absolute atomic E-state index is 0.0303. The molecule has 156 valence electrons. The molecule has 0 N–H and O–H groups in total. The predicted molar refractivity (Wildman–Crippen MR) is 113 cm³/mol. The predicted octanol–water partition coefficient (Wildman–Crippen LogP) is 3.93. The smallest absolute Gasteiger partial charge is 0.338 e. The van der Waals surface area contributed by atoms with Gasteiger partial charge in [0, 0.05) is 18.8 Å². The van der Waals surface area contributed by atoms with E-state index in [2.05, 4.69) is 4.98 Å². The number of anilines is 1. The fraction of sp³-hybridized carbons (Fsp3) is 0.143. The van der Waals surface area contributed by atoms with Gasteiger partial charge in [-0.2, -0.15) is 0 Å². The number of nitrogens with zero attached hydrogens (tertiary/aromatic N) is 2. The van der Waals surface area contributed by atoms with Gasteiger partial charge in [0.2, 0.25) is 0 Å². The van der Waals surface area contributed by atoms with Crippen LogP contribution >= 0.6 is 11.6 Å². The van der Waals surface area contributed by atoms with E-state index in [1.807, 2.05) is 0 Å². The molecule has 3 aromatic rings. The second kappa shape index (κ2) is 9.15. The zero-order chi connectivity index (χ0) is 21.7. The summed E-state index contributed by atoms with van der Waals surface area (Å²) in [5.41, 5.74) is 1.19. The summed E-state index contributed by atoms with van der Waals surface area (Å²) in [7, 11) is -0.944. The van der Waals surface area contributed by atoms with Crippen molar-refractivity contribution in [2.24, 2.45) is 0 Å². The van der Waals surface area contributed by atoms with E-state index >= 15 is 0 Å². The fourth-order valence-electron chi connectivity index (χ4n) is 2.69. The highest BCUT2D eigenvalue weighted by Crippen LogP contribution is 2.30. The molecule has 7 nitrogen and oxygen atoms in total. The first kappa shape index (κ1) is 21.6. The molecule has 1 aromatic heterocycles. The summed E-state index contributed by atoms with van der Waals surface area (Å²) in [6, 6.07) is 15.7. The van der Waals surface area contributed by atoms with Crippen LogP contribution in [0.5, 0.6) is 5.75 Å². The maximum absolute atomic E-state index is 13.0. The number of pyridine rings is 1. The SMILES string of the molecule is COc1ccccc1N(C)S(=O)(=O)c1ccc(C(=O)OCc2cccnc2Cl)cc1. The van der Waals surface area contributed by atoms with Gasteiger partial charge >= 0.3 is 5.97 Å². The normalized spacial score (nSPS) is 11.0. The number of hydrogen-bond donors (Lipinski definition) is 0. The quantitative estimate of drug-likeness (QED) is 0.404. The number of ether oxygens (including phenoxy) is 2. The molecule has 2 aromatic carbocycles. The number of carbonyl (C=O) groups excluding carboxylic acids is 1. The molecule has 0 radical (unpaired) electrons.